The van der Waals surface area contributed by atoms with E-state index >= 15 is 0 Å². The molecule has 2 heterocycles. The largest absolute Gasteiger partial charge is 0.364 e. The Morgan fingerprint density at radius 2 is 2.07 bits per heavy atom. The van der Waals surface area contributed by atoms with Gasteiger partial charge >= 0.3 is 0 Å². The third-order valence-corrected chi connectivity index (χ3v) is 4.89. The van der Waals surface area contributed by atoms with E-state index in [1.807, 2.05) is 24.1 Å². The van der Waals surface area contributed by atoms with Gasteiger partial charge in [0.1, 0.15) is 12.0 Å². The van der Waals surface area contributed by atoms with Crippen molar-refractivity contribution in [1.82, 2.24) is 25.2 Å². The molecule has 0 spiro atoms. The van der Waals surface area contributed by atoms with Crippen LogP contribution in [0.15, 0.2) is 52.2 Å². The van der Waals surface area contributed by atoms with Crippen molar-refractivity contribution in [2.75, 3.05) is 14.1 Å². The molecular weight excluding hydrogens is 467 g/mol. The van der Waals surface area contributed by atoms with Gasteiger partial charge in [-0.1, -0.05) is 23.4 Å². The van der Waals surface area contributed by atoms with Gasteiger partial charge in [-0.25, -0.2) is 4.68 Å². The Bertz CT molecular complexity index is 920. The number of nitrogens with one attached hydrogen (secondary N) is 1. The van der Waals surface area contributed by atoms with Crippen LogP contribution in [0, 0.1) is 0 Å². The normalized spacial score (nSPS) is 13.1. The number of nitrogens with zero attached hydrogens (tertiary/aromatic N) is 5. The van der Waals surface area contributed by atoms with Crippen LogP contribution >= 0.6 is 24.0 Å². The van der Waals surface area contributed by atoms with Crippen LogP contribution in [0.25, 0.3) is 5.69 Å². The summed E-state index contributed by atoms with van der Waals surface area (Å²) >= 11 is 0. The minimum Gasteiger partial charge on any atom is -0.364 e. The topological polar surface area (TPSA) is 71.5 Å². The molecule has 1 aromatic carbocycles. The predicted octanol–water partition coefficient (Wildman–Crippen LogP) is 3.17. The number of guanidine groups is 1. The predicted molar refractivity (Wildman–Crippen MR) is 119 cm³/mol. The van der Waals surface area contributed by atoms with Crippen LogP contribution in [-0.2, 0) is 25.9 Å². The molecule has 8 heteroatoms. The molecule has 0 fully saturated rings. The van der Waals surface area contributed by atoms with E-state index in [-0.39, 0.29) is 24.0 Å². The zero-order valence-corrected chi connectivity index (χ0v) is 18.5. The summed E-state index contributed by atoms with van der Waals surface area (Å²) in [6, 6.07) is 12.2. The highest BCUT2D eigenvalue weighted by molar-refractivity contribution is 14.0. The summed E-state index contributed by atoms with van der Waals surface area (Å²) in [6.07, 6.45) is 4.94. The maximum absolute atomic E-state index is 4.90. The van der Waals surface area contributed by atoms with Crippen molar-refractivity contribution < 1.29 is 4.52 Å². The lowest BCUT2D eigenvalue weighted by Crippen LogP contribution is -2.38. The lowest BCUT2D eigenvalue weighted by atomic mass is 10.2. The summed E-state index contributed by atoms with van der Waals surface area (Å²) in [7, 11) is 3.77. The first-order chi connectivity index (χ1) is 13.3. The SMILES string of the molecule is CN=C(NCc1nn(-c2ccccc2)c2c1CCC2)N(C)Cc1ccon1.I. The van der Waals surface area contributed by atoms with Crippen molar-refractivity contribution in [3.63, 3.8) is 0 Å². The molecule has 0 radical (unpaired) electrons. The molecule has 0 unspecified atom stereocenters. The molecule has 4 rings (SSSR count). The average molecular weight is 492 g/mol. The second kappa shape index (κ2) is 9.22. The van der Waals surface area contributed by atoms with Gasteiger partial charge < -0.3 is 14.7 Å². The fraction of sp³-hybridized carbons (Fsp3) is 0.350. The number of benzene rings is 1. The van der Waals surface area contributed by atoms with Crippen molar-refractivity contribution in [3.05, 3.63) is 65.3 Å². The first-order valence-electron chi connectivity index (χ1n) is 9.22. The van der Waals surface area contributed by atoms with Gasteiger partial charge in [0.15, 0.2) is 5.96 Å². The number of aliphatic imine (C=N–C) groups is 1. The highest BCUT2D eigenvalue weighted by atomic mass is 127. The fourth-order valence-electron chi connectivity index (χ4n) is 3.62. The maximum atomic E-state index is 4.90. The van der Waals surface area contributed by atoms with Crippen LogP contribution in [0.3, 0.4) is 0 Å². The molecule has 148 valence electrons. The molecule has 0 saturated heterocycles. The van der Waals surface area contributed by atoms with E-state index in [0.29, 0.717) is 13.1 Å². The van der Waals surface area contributed by atoms with E-state index in [0.717, 1.165) is 35.9 Å². The molecule has 1 aliphatic carbocycles. The third-order valence-electron chi connectivity index (χ3n) is 4.89. The van der Waals surface area contributed by atoms with Crippen LogP contribution in [0.4, 0.5) is 0 Å². The molecule has 0 bridgehead atoms. The highest BCUT2D eigenvalue weighted by Gasteiger charge is 2.23. The zero-order chi connectivity index (χ0) is 18.6. The number of para-hydroxylation sites is 1. The molecule has 0 saturated carbocycles. The van der Waals surface area contributed by atoms with Crippen LogP contribution < -0.4 is 5.32 Å². The Morgan fingerprint density at radius 3 is 2.79 bits per heavy atom. The minimum atomic E-state index is 0. The summed E-state index contributed by atoms with van der Waals surface area (Å²) in [4.78, 5) is 6.40. The number of fused-ring (bicyclic) bond motifs is 1. The second-order valence-electron chi connectivity index (χ2n) is 6.72. The van der Waals surface area contributed by atoms with Gasteiger partial charge in [-0.05, 0) is 37.0 Å². The number of aromatic nitrogens is 3. The van der Waals surface area contributed by atoms with Crippen molar-refractivity contribution >= 4 is 29.9 Å². The standard InChI is InChI=1S/C20H24N6O.HI/c1-21-20(25(2)14-15-11-12-27-24-15)22-13-18-17-9-6-10-19(17)26(23-18)16-7-4-3-5-8-16;/h3-5,7-8,11-12H,6,9-10,13-14H2,1-2H3,(H,21,22);1H. The van der Waals surface area contributed by atoms with Crippen LogP contribution in [0.2, 0.25) is 0 Å². The van der Waals surface area contributed by atoms with Gasteiger partial charge in [0, 0.05) is 25.9 Å². The fourth-order valence-corrected chi connectivity index (χ4v) is 3.62. The summed E-state index contributed by atoms with van der Waals surface area (Å²) in [5.41, 5.74) is 5.80. The molecule has 1 N–H and O–H groups in total. The minimum absolute atomic E-state index is 0. The van der Waals surface area contributed by atoms with Crippen LogP contribution in [-0.4, -0.2) is 39.9 Å². The van der Waals surface area contributed by atoms with Crippen molar-refractivity contribution in [3.8, 4) is 5.69 Å². The van der Waals surface area contributed by atoms with Gasteiger partial charge in [-0.2, -0.15) is 5.10 Å². The van der Waals surface area contributed by atoms with Crippen LogP contribution in [0.1, 0.15) is 29.1 Å². The number of hydrogen-bond acceptors (Lipinski definition) is 4. The van der Waals surface area contributed by atoms with Crippen molar-refractivity contribution in [2.24, 2.45) is 4.99 Å². The molecule has 7 nitrogen and oxygen atoms in total. The van der Waals surface area contributed by atoms with E-state index in [4.69, 9.17) is 9.62 Å². The first-order valence-corrected chi connectivity index (χ1v) is 9.22. The Morgan fingerprint density at radius 1 is 1.25 bits per heavy atom. The van der Waals surface area contributed by atoms with Gasteiger partial charge in [0.05, 0.1) is 24.5 Å². The van der Waals surface area contributed by atoms with E-state index in [1.54, 1.807) is 13.3 Å². The Hall–Kier alpha value is -2.36. The monoisotopic (exact) mass is 492 g/mol. The quantitative estimate of drug-likeness (QED) is 0.337. The first kappa shape index (κ1) is 20.4. The number of hydrogen-bond donors (Lipinski definition) is 1. The Balaban J connectivity index is 0.00000225. The Labute approximate surface area is 181 Å². The number of rotatable bonds is 5. The van der Waals surface area contributed by atoms with Gasteiger partial charge in [-0.15, -0.1) is 24.0 Å². The molecule has 1 aliphatic rings. The molecule has 2 aromatic heterocycles. The molecule has 28 heavy (non-hydrogen) atoms. The van der Waals surface area contributed by atoms with Crippen LogP contribution in [0.5, 0.6) is 0 Å². The maximum Gasteiger partial charge on any atom is 0.194 e. The van der Waals surface area contributed by atoms with Gasteiger partial charge in [0.25, 0.3) is 0 Å². The summed E-state index contributed by atoms with van der Waals surface area (Å²) < 4.78 is 7.00. The van der Waals surface area contributed by atoms with E-state index in [2.05, 4.69) is 44.4 Å². The Kier molecular flexibility index (Phi) is 6.71. The summed E-state index contributed by atoms with van der Waals surface area (Å²) in [5, 5.41) is 12.3. The molecule has 0 amide bonds. The number of halogens is 1. The zero-order valence-electron chi connectivity index (χ0n) is 16.1. The summed E-state index contributed by atoms with van der Waals surface area (Å²) in [5.74, 6) is 0.805. The molecule has 0 aliphatic heterocycles. The molecular formula is C20H25IN6O. The van der Waals surface area contributed by atoms with Crippen molar-refractivity contribution in [2.45, 2.75) is 32.4 Å². The van der Waals surface area contributed by atoms with Gasteiger partial charge in [-0.3, -0.25) is 4.99 Å². The highest BCUT2D eigenvalue weighted by Crippen LogP contribution is 2.27. The molecule has 0 atom stereocenters. The lowest BCUT2D eigenvalue weighted by molar-refractivity contribution is 0.391. The van der Waals surface area contributed by atoms with E-state index in [9.17, 15) is 0 Å². The van der Waals surface area contributed by atoms with Crippen molar-refractivity contribution in [1.29, 1.82) is 0 Å². The third kappa shape index (κ3) is 4.21. The second-order valence-corrected chi connectivity index (χ2v) is 6.72. The van der Waals surface area contributed by atoms with E-state index < -0.39 is 0 Å². The average Bonchev–Trinajstić information content (AvgIpc) is 3.42. The molecule has 3 aromatic rings. The van der Waals surface area contributed by atoms with Gasteiger partial charge in [0.2, 0.25) is 0 Å². The summed E-state index contributed by atoms with van der Waals surface area (Å²) in [6.45, 7) is 1.28. The lowest BCUT2D eigenvalue weighted by Gasteiger charge is -2.20. The smallest absolute Gasteiger partial charge is 0.194 e. The van der Waals surface area contributed by atoms with E-state index in [1.165, 1.54) is 17.7 Å².